The molecule has 0 aromatic heterocycles. The molecule has 0 heterocycles. The van der Waals surface area contributed by atoms with Crippen molar-refractivity contribution < 1.29 is 4.92 Å². The van der Waals surface area contributed by atoms with Crippen molar-refractivity contribution in [3.8, 4) is 0 Å². The maximum absolute atomic E-state index is 10.2. The second kappa shape index (κ2) is 3.14. The molecule has 0 aromatic rings. The van der Waals surface area contributed by atoms with Crippen LogP contribution in [0.15, 0.2) is 21.4 Å². The van der Waals surface area contributed by atoms with Gasteiger partial charge in [0, 0.05) is 9.66 Å². The van der Waals surface area contributed by atoms with Gasteiger partial charge in [0.2, 0.25) is 0 Å². The van der Waals surface area contributed by atoms with Gasteiger partial charge in [-0.3, -0.25) is 10.1 Å². The first-order valence-electron chi connectivity index (χ1n) is 2.75. The Morgan fingerprint density at radius 1 is 1.70 bits per heavy atom. The SMILES string of the molecule is O=[N+]([O-])C1=CC(I)=CC[CH]1. The van der Waals surface area contributed by atoms with E-state index in [-0.39, 0.29) is 10.6 Å². The summed E-state index contributed by atoms with van der Waals surface area (Å²) >= 11 is 2.07. The van der Waals surface area contributed by atoms with Gasteiger partial charge in [0.15, 0.2) is 0 Å². The average molecular weight is 250 g/mol. The minimum atomic E-state index is -0.369. The van der Waals surface area contributed by atoms with Crippen molar-refractivity contribution >= 4 is 22.6 Å². The first kappa shape index (κ1) is 7.71. The molecular weight excluding hydrogens is 245 g/mol. The van der Waals surface area contributed by atoms with Gasteiger partial charge in [-0.05, 0) is 29.0 Å². The van der Waals surface area contributed by atoms with E-state index in [1.54, 1.807) is 12.5 Å². The summed E-state index contributed by atoms with van der Waals surface area (Å²) in [7, 11) is 0. The highest BCUT2D eigenvalue weighted by Gasteiger charge is 2.13. The van der Waals surface area contributed by atoms with Crippen LogP contribution in [0.25, 0.3) is 0 Å². The quantitative estimate of drug-likeness (QED) is 0.406. The Morgan fingerprint density at radius 2 is 2.40 bits per heavy atom. The van der Waals surface area contributed by atoms with E-state index in [1.165, 1.54) is 0 Å². The van der Waals surface area contributed by atoms with Gasteiger partial charge in [-0.1, -0.05) is 6.08 Å². The number of nitrogens with zero attached hydrogens (tertiary/aromatic N) is 1. The van der Waals surface area contributed by atoms with Crippen LogP contribution < -0.4 is 0 Å². The van der Waals surface area contributed by atoms with Crippen LogP contribution in [0.1, 0.15) is 6.42 Å². The molecule has 0 bridgehead atoms. The standard InChI is InChI=1S/C6H5INO2/c7-5-2-1-3-6(4-5)8(9)10/h2-4H,1H2. The van der Waals surface area contributed by atoms with Crippen molar-refractivity contribution in [2.45, 2.75) is 6.42 Å². The zero-order valence-electron chi connectivity index (χ0n) is 5.08. The summed E-state index contributed by atoms with van der Waals surface area (Å²) in [4.78, 5) is 9.81. The minimum Gasteiger partial charge on any atom is -0.259 e. The highest BCUT2D eigenvalue weighted by Crippen LogP contribution is 2.20. The highest BCUT2D eigenvalue weighted by atomic mass is 127. The van der Waals surface area contributed by atoms with Crippen LogP contribution in [-0.2, 0) is 0 Å². The maximum atomic E-state index is 10.2. The van der Waals surface area contributed by atoms with Crippen LogP contribution in [-0.4, -0.2) is 4.92 Å². The normalized spacial score (nSPS) is 17.7. The fourth-order valence-electron chi connectivity index (χ4n) is 0.679. The summed E-state index contributed by atoms with van der Waals surface area (Å²) in [5, 5.41) is 10.2. The first-order chi connectivity index (χ1) is 4.70. The Balaban J connectivity index is 2.78. The van der Waals surface area contributed by atoms with Crippen LogP contribution in [0.4, 0.5) is 0 Å². The molecule has 0 N–H and O–H groups in total. The number of hydrogen-bond donors (Lipinski definition) is 0. The number of allylic oxidation sites excluding steroid dienone is 4. The molecule has 1 aliphatic rings. The predicted octanol–water partition coefficient (Wildman–Crippen LogP) is 2.07. The topological polar surface area (TPSA) is 43.1 Å². The molecule has 1 radical (unpaired) electrons. The van der Waals surface area contributed by atoms with E-state index in [4.69, 9.17) is 0 Å². The summed E-state index contributed by atoms with van der Waals surface area (Å²) in [6.45, 7) is 0. The van der Waals surface area contributed by atoms with Crippen LogP contribution in [0.2, 0.25) is 0 Å². The Labute approximate surface area is 72.1 Å². The van der Waals surface area contributed by atoms with Gasteiger partial charge >= 0.3 is 0 Å². The van der Waals surface area contributed by atoms with E-state index >= 15 is 0 Å². The molecule has 0 aliphatic heterocycles. The second-order valence-corrected chi connectivity index (χ2v) is 3.10. The van der Waals surface area contributed by atoms with Crippen molar-refractivity contribution in [3.05, 3.63) is 38.0 Å². The van der Waals surface area contributed by atoms with E-state index in [1.807, 2.05) is 6.08 Å². The van der Waals surface area contributed by atoms with Gasteiger partial charge < -0.3 is 0 Å². The van der Waals surface area contributed by atoms with E-state index in [2.05, 4.69) is 22.6 Å². The Morgan fingerprint density at radius 3 is 2.80 bits per heavy atom. The molecule has 0 spiro atoms. The monoisotopic (exact) mass is 250 g/mol. The van der Waals surface area contributed by atoms with Gasteiger partial charge in [0.25, 0.3) is 5.70 Å². The predicted molar refractivity (Wildman–Crippen MR) is 46.1 cm³/mol. The number of rotatable bonds is 1. The molecule has 1 rings (SSSR count). The zero-order chi connectivity index (χ0) is 7.56. The summed E-state index contributed by atoms with van der Waals surface area (Å²) in [5.41, 5.74) is 0.201. The summed E-state index contributed by atoms with van der Waals surface area (Å²) < 4.78 is 0.937. The second-order valence-electron chi connectivity index (χ2n) is 1.86. The lowest BCUT2D eigenvalue weighted by Gasteiger charge is -2.00. The molecule has 0 fully saturated rings. The van der Waals surface area contributed by atoms with Crippen LogP contribution in [0.3, 0.4) is 0 Å². The third kappa shape index (κ3) is 1.80. The lowest BCUT2D eigenvalue weighted by atomic mass is 10.1. The summed E-state index contributed by atoms with van der Waals surface area (Å²) in [5.74, 6) is 0. The highest BCUT2D eigenvalue weighted by molar-refractivity contribution is 14.1. The van der Waals surface area contributed by atoms with Crippen molar-refractivity contribution in [2.75, 3.05) is 0 Å². The summed E-state index contributed by atoms with van der Waals surface area (Å²) in [6, 6.07) is 0. The molecule has 0 saturated heterocycles. The van der Waals surface area contributed by atoms with Crippen LogP contribution in [0.5, 0.6) is 0 Å². The molecule has 0 saturated carbocycles. The van der Waals surface area contributed by atoms with E-state index in [9.17, 15) is 10.1 Å². The first-order valence-corrected chi connectivity index (χ1v) is 3.83. The molecule has 0 atom stereocenters. The molecule has 0 amide bonds. The fourth-order valence-corrected chi connectivity index (χ4v) is 1.25. The largest absolute Gasteiger partial charge is 0.259 e. The van der Waals surface area contributed by atoms with Crippen molar-refractivity contribution in [2.24, 2.45) is 0 Å². The van der Waals surface area contributed by atoms with Gasteiger partial charge in [0.05, 0.1) is 11.3 Å². The fraction of sp³-hybridized carbons (Fsp3) is 0.167. The molecule has 4 heteroatoms. The molecule has 0 unspecified atom stereocenters. The molecule has 0 aromatic carbocycles. The van der Waals surface area contributed by atoms with Gasteiger partial charge in [-0.25, -0.2) is 0 Å². The number of hydrogen-bond acceptors (Lipinski definition) is 2. The lowest BCUT2D eigenvalue weighted by molar-refractivity contribution is -0.421. The third-order valence-corrected chi connectivity index (χ3v) is 1.89. The summed E-state index contributed by atoms with van der Waals surface area (Å²) in [6.07, 6.45) is 5.77. The number of nitro groups is 1. The van der Waals surface area contributed by atoms with Crippen molar-refractivity contribution in [1.29, 1.82) is 0 Å². The van der Waals surface area contributed by atoms with Crippen LogP contribution in [0, 0.1) is 16.5 Å². The Kier molecular flexibility index (Phi) is 2.42. The lowest BCUT2D eigenvalue weighted by Crippen LogP contribution is -2.01. The van der Waals surface area contributed by atoms with Crippen LogP contribution >= 0.6 is 22.6 Å². The minimum absolute atomic E-state index is 0.201. The average Bonchev–Trinajstić information content (AvgIpc) is 1.88. The van der Waals surface area contributed by atoms with E-state index in [0.29, 0.717) is 6.42 Å². The van der Waals surface area contributed by atoms with Gasteiger partial charge in [-0.2, -0.15) is 0 Å². The Hall–Kier alpha value is -0.390. The van der Waals surface area contributed by atoms with Crippen molar-refractivity contribution in [1.82, 2.24) is 0 Å². The molecule has 3 nitrogen and oxygen atoms in total. The van der Waals surface area contributed by atoms with E-state index < -0.39 is 0 Å². The Bertz CT molecular complexity index is 220. The zero-order valence-corrected chi connectivity index (χ0v) is 7.24. The smallest absolute Gasteiger partial charge is 0.251 e. The molecule has 10 heavy (non-hydrogen) atoms. The third-order valence-electron chi connectivity index (χ3n) is 1.14. The number of halogens is 1. The van der Waals surface area contributed by atoms with E-state index in [0.717, 1.165) is 3.58 Å². The molecule has 1 aliphatic carbocycles. The van der Waals surface area contributed by atoms with Gasteiger partial charge in [-0.15, -0.1) is 0 Å². The molecule has 53 valence electrons. The van der Waals surface area contributed by atoms with Gasteiger partial charge in [0.1, 0.15) is 0 Å². The molecular formula is C6H5INO2. The maximum Gasteiger partial charge on any atom is 0.251 e. The van der Waals surface area contributed by atoms with Crippen molar-refractivity contribution in [3.63, 3.8) is 0 Å².